The monoisotopic (exact) mass is 261 g/mol. The number of hydrogen-bond acceptors (Lipinski definition) is 2. The average molecular weight is 261 g/mol. The van der Waals surface area contributed by atoms with Crippen LogP contribution in [0.1, 0.15) is 22.3 Å². The molecule has 0 spiro atoms. The van der Waals surface area contributed by atoms with Crippen LogP contribution >= 0.6 is 0 Å². The molecule has 98 valence electrons. The maximum absolute atomic E-state index is 12.0. The minimum Gasteiger partial charge on any atom is -0.478 e. The first-order valence-corrected chi connectivity index (χ1v) is 4.89. The molecule has 0 aromatic heterocycles. The van der Waals surface area contributed by atoms with Crippen LogP contribution in [0.25, 0.3) is 0 Å². The second kappa shape index (κ2) is 5.07. The summed E-state index contributed by atoms with van der Waals surface area (Å²) in [5.41, 5.74) is 0.231. The topological polar surface area (TPSA) is 66.4 Å². The van der Waals surface area contributed by atoms with E-state index in [9.17, 15) is 22.8 Å². The van der Waals surface area contributed by atoms with Crippen LogP contribution in [0, 0.1) is 6.92 Å². The highest BCUT2D eigenvalue weighted by Gasteiger charge is 2.31. The van der Waals surface area contributed by atoms with Gasteiger partial charge in [0.2, 0.25) is 5.91 Å². The molecule has 1 amide bonds. The third kappa shape index (κ3) is 4.08. The van der Waals surface area contributed by atoms with Crippen LogP contribution in [0.2, 0.25) is 0 Å². The lowest BCUT2D eigenvalue weighted by atomic mass is 10.1. The Morgan fingerprint density at radius 1 is 1.33 bits per heavy atom. The summed E-state index contributed by atoms with van der Waals surface area (Å²) < 4.78 is 35.9. The number of aromatic carboxylic acids is 1. The van der Waals surface area contributed by atoms with Gasteiger partial charge in [0.25, 0.3) is 0 Å². The number of amides is 1. The number of carbonyl (C=O) groups excluding carboxylic acids is 1. The van der Waals surface area contributed by atoms with Crippen LogP contribution in [0.4, 0.5) is 18.9 Å². The van der Waals surface area contributed by atoms with Crippen LogP contribution in [-0.4, -0.2) is 23.2 Å². The van der Waals surface area contributed by atoms with Crippen LogP contribution in [0.3, 0.4) is 0 Å². The zero-order valence-corrected chi connectivity index (χ0v) is 9.34. The molecular weight excluding hydrogens is 251 g/mol. The molecule has 0 fully saturated rings. The lowest BCUT2D eigenvalue weighted by Gasteiger charge is -2.10. The molecule has 4 nitrogen and oxygen atoms in total. The smallest absolute Gasteiger partial charge is 0.397 e. The van der Waals surface area contributed by atoms with E-state index < -0.39 is 24.5 Å². The third-order valence-electron chi connectivity index (χ3n) is 2.04. The quantitative estimate of drug-likeness (QED) is 0.878. The highest BCUT2D eigenvalue weighted by atomic mass is 19.4. The molecule has 1 aromatic carbocycles. The Morgan fingerprint density at radius 2 is 1.94 bits per heavy atom. The van der Waals surface area contributed by atoms with E-state index in [1.165, 1.54) is 18.2 Å². The SMILES string of the molecule is Cc1ccc(NC(=O)CC(F)(F)F)c(C(=O)O)c1. The Kier molecular flexibility index (Phi) is 3.95. The molecule has 0 radical (unpaired) electrons. The van der Waals surface area contributed by atoms with Crippen molar-refractivity contribution in [2.24, 2.45) is 0 Å². The Balaban J connectivity index is 2.91. The highest BCUT2D eigenvalue weighted by molar-refractivity contribution is 6.00. The Morgan fingerprint density at radius 3 is 2.44 bits per heavy atom. The normalized spacial score (nSPS) is 11.1. The second-order valence-electron chi connectivity index (χ2n) is 3.69. The number of benzene rings is 1. The zero-order valence-electron chi connectivity index (χ0n) is 9.34. The molecule has 1 rings (SSSR count). The molecule has 0 saturated carbocycles. The maximum atomic E-state index is 12.0. The minimum atomic E-state index is -4.63. The van der Waals surface area contributed by atoms with Gasteiger partial charge in [-0.25, -0.2) is 4.79 Å². The van der Waals surface area contributed by atoms with Crippen molar-refractivity contribution in [2.75, 3.05) is 5.32 Å². The van der Waals surface area contributed by atoms with Crippen LogP contribution in [0.5, 0.6) is 0 Å². The van der Waals surface area contributed by atoms with Crippen LogP contribution in [0.15, 0.2) is 18.2 Å². The van der Waals surface area contributed by atoms with Crippen molar-refractivity contribution < 1.29 is 27.9 Å². The lowest BCUT2D eigenvalue weighted by Crippen LogP contribution is -2.22. The lowest BCUT2D eigenvalue weighted by molar-refractivity contribution is -0.150. The van der Waals surface area contributed by atoms with Crippen molar-refractivity contribution in [1.29, 1.82) is 0 Å². The molecule has 0 bridgehead atoms. The summed E-state index contributed by atoms with van der Waals surface area (Å²) in [5.74, 6) is -2.62. The van der Waals surface area contributed by atoms with Gasteiger partial charge in [-0.3, -0.25) is 4.79 Å². The number of hydrogen-bond donors (Lipinski definition) is 2. The number of carboxylic acids is 1. The Bertz CT molecular complexity index is 483. The number of alkyl halides is 3. The predicted molar refractivity (Wildman–Crippen MR) is 57.4 cm³/mol. The molecule has 18 heavy (non-hydrogen) atoms. The molecular formula is C11H10F3NO3. The molecule has 7 heteroatoms. The summed E-state index contributed by atoms with van der Waals surface area (Å²) in [5, 5.41) is 10.8. The summed E-state index contributed by atoms with van der Waals surface area (Å²) in [6.07, 6.45) is -6.28. The van der Waals surface area contributed by atoms with E-state index in [4.69, 9.17) is 5.11 Å². The Labute approximate surface area is 100 Å². The van der Waals surface area contributed by atoms with Gasteiger partial charge in [0.15, 0.2) is 0 Å². The summed E-state index contributed by atoms with van der Waals surface area (Å²) >= 11 is 0. The molecule has 0 heterocycles. The van der Waals surface area contributed by atoms with E-state index >= 15 is 0 Å². The van der Waals surface area contributed by atoms with Gasteiger partial charge >= 0.3 is 12.1 Å². The summed E-state index contributed by atoms with van der Waals surface area (Å²) in [6.45, 7) is 1.63. The first kappa shape index (κ1) is 14.0. The number of carboxylic acid groups (broad SMARTS) is 1. The number of anilines is 1. The molecule has 0 aliphatic carbocycles. The van der Waals surface area contributed by atoms with Gasteiger partial charge in [0, 0.05) is 0 Å². The van der Waals surface area contributed by atoms with Crippen molar-refractivity contribution in [1.82, 2.24) is 0 Å². The summed E-state index contributed by atoms with van der Waals surface area (Å²) in [7, 11) is 0. The number of aryl methyl sites for hydroxylation is 1. The van der Waals surface area contributed by atoms with Crippen molar-refractivity contribution in [2.45, 2.75) is 19.5 Å². The van der Waals surface area contributed by atoms with Gasteiger partial charge in [-0.05, 0) is 19.1 Å². The molecule has 0 aliphatic rings. The fourth-order valence-electron chi connectivity index (χ4n) is 1.32. The van der Waals surface area contributed by atoms with Crippen molar-refractivity contribution >= 4 is 17.6 Å². The Hall–Kier alpha value is -2.05. The average Bonchev–Trinajstić information content (AvgIpc) is 2.17. The van der Waals surface area contributed by atoms with Crippen LogP contribution in [-0.2, 0) is 4.79 Å². The third-order valence-corrected chi connectivity index (χ3v) is 2.04. The van der Waals surface area contributed by atoms with E-state index in [2.05, 4.69) is 0 Å². The second-order valence-corrected chi connectivity index (χ2v) is 3.69. The summed E-state index contributed by atoms with van der Waals surface area (Å²) in [6, 6.07) is 4.02. The van der Waals surface area contributed by atoms with Gasteiger partial charge in [-0.1, -0.05) is 11.6 Å². The zero-order chi connectivity index (χ0) is 13.9. The molecule has 0 aliphatic heterocycles. The van der Waals surface area contributed by atoms with Gasteiger partial charge in [0.05, 0.1) is 11.3 Å². The summed E-state index contributed by atoms with van der Waals surface area (Å²) in [4.78, 5) is 21.9. The van der Waals surface area contributed by atoms with E-state index in [0.717, 1.165) is 0 Å². The molecule has 1 aromatic rings. The fourth-order valence-corrected chi connectivity index (χ4v) is 1.32. The standard InChI is InChI=1S/C11H10F3NO3/c1-6-2-3-8(7(4-6)10(17)18)15-9(16)5-11(12,13)14/h2-4H,5H2,1H3,(H,15,16)(H,17,18). The fraction of sp³-hybridized carbons (Fsp3) is 0.273. The molecule has 2 N–H and O–H groups in total. The first-order chi connectivity index (χ1) is 8.19. The first-order valence-electron chi connectivity index (χ1n) is 4.89. The van der Waals surface area contributed by atoms with E-state index in [1.807, 2.05) is 5.32 Å². The molecule has 0 unspecified atom stereocenters. The minimum absolute atomic E-state index is 0.151. The van der Waals surface area contributed by atoms with Gasteiger partial charge in [-0.15, -0.1) is 0 Å². The molecule has 0 atom stereocenters. The van der Waals surface area contributed by atoms with Crippen molar-refractivity contribution in [3.63, 3.8) is 0 Å². The largest absolute Gasteiger partial charge is 0.478 e. The number of rotatable bonds is 3. The molecule has 0 saturated heterocycles. The van der Waals surface area contributed by atoms with Gasteiger partial charge in [0.1, 0.15) is 6.42 Å². The van der Waals surface area contributed by atoms with Crippen LogP contribution < -0.4 is 5.32 Å². The maximum Gasteiger partial charge on any atom is 0.397 e. The van der Waals surface area contributed by atoms with E-state index in [1.54, 1.807) is 6.92 Å². The predicted octanol–water partition coefficient (Wildman–Crippen LogP) is 2.58. The number of halogens is 3. The van der Waals surface area contributed by atoms with Crippen molar-refractivity contribution in [3.8, 4) is 0 Å². The number of nitrogens with one attached hydrogen (secondary N) is 1. The van der Waals surface area contributed by atoms with Gasteiger partial charge < -0.3 is 10.4 Å². The number of carbonyl (C=O) groups is 2. The highest BCUT2D eigenvalue weighted by Crippen LogP contribution is 2.22. The van der Waals surface area contributed by atoms with Crippen molar-refractivity contribution in [3.05, 3.63) is 29.3 Å². The van der Waals surface area contributed by atoms with E-state index in [0.29, 0.717) is 5.56 Å². The van der Waals surface area contributed by atoms with E-state index in [-0.39, 0.29) is 11.3 Å². The van der Waals surface area contributed by atoms with Gasteiger partial charge in [-0.2, -0.15) is 13.2 Å².